The van der Waals surface area contributed by atoms with Gasteiger partial charge in [-0.3, -0.25) is 4.79 Å². The Kier molecular flexibility index (Phi) is 3.62. The summed E-state index contributed by atoms with van der Waals surface area (Å²) in [5.41, 5.74) is 5.59. The summed E-state index contributed by atoms with van der Waals surface area (Å²) in [6.07, 6.45) is 5.24. The van der Waals surface area contributed by atoms with Gasteiger partial charge in [-0.25, -0.2) is 0 Å². The van der Waals surface area contributed by atoms with E-state index in [4.69, 9.17) is 5.73 Å². The third-order valence-corrected chi connectivity index (χ3v) is 4.02. The molecule has 3 nitrogen and oxygen atoms in total. The summed E-state index contributed by atoms with van der Waals surface area (Å²) in [4.78, 5) is 11.3. The van der Waals surface area contributed by atoms with Crippen molar-refractivity contribution in [1.29, 1.82) is 0 Å². The molecular weight excluding hydrogens is 184 g/mol. The minimum absolute atomic E-state index is 0.0113. The lowest BCUT2D eigenvalue weighted by Crippen LogP contribution is -2.43. The summed E-state index contributed by atoms with van der Waals surface area (Å²) in [7, 11) is 0. The quantitative estimate of drug-likeness (QED) is 0.691. The van der Waals surface area contributed by atoms with Crippen LogP contribution in [0.15, 0.2) is 0 Å². The molecule has 1 amide bonds. The fourth-order valence-electron chi connectivity index (χ4n) is 1.16. The van der Waals surface area contributed by atoms with Crippen LogP contribution in [0.5, 0.6) is 0 Å². The van der Waals surface area contributed by atoms with Crippen molar-refractivity contribution >= 4 is 17.7 Å². The van der Waals surface area contributed by atoms with E-state index in [9.17, 15) is 4.79 Å². The SMILES string of the molecule is CCC(N)C(=O)NCC1(SC)CC1. The molecule has 1 unspecified atom stereocenters. The van der Waals surface area contributed by atoms with Gasteiger partial charge in [-0.2, -0.15) is 11.8 Å². The highest BCUT2D eigenvalue weighted by Crippen LogP contribution is 2.46. The fraction of sp³-hybridized carbons (Fsp3) is 0.889. The molecule has 0 aromatic carbocycles. The average Bonchev–Trinajstić information content (AvgIpc) is 2.93. The van der Waals surface area contributed by atoms with Crippen LogP contribution in [-0.2, 0) is 4.79 Å². The zero-order valence-corrected chi connectivity index (χ0v) is 9.12. The summed E-state index contributed by atoms with van der Waals surface area (Å²) in [5, 5.41) is 2.90. The zero-order chi connectivity index (χ0) is 9.90. The van der Waals surface area contributed by atoms with Gasteiger partial charge in [-0.15, -0.1) is 0 Å². The van der Waals surface area contributed by atoms with Crippen molar-refractivity contribution in [2.75, 3.05) is 12.8 Å². The first-order chi connectivity index (χ1) is 6.13. The molecule has 0 radical (unpaired) electrons. The van der Waals surface area contributed by atoms with Crippen molar-refractivity contribution in [3.8, 4) is 0 Å². The number of amides is 1. The number of hydrogen-bond acceptors (Lipinski definition) is 3. The Morgan fingerprint density at radius 3 is 2.69 bits per heavy atom. The molecule has 0 aliphatic heterocycles. The van der Waals surface area contributed by atoms with Gasteiger partial charge >= 0.3 is 0 Å². The number of carbonyl (C=O) groups excluding carboxylic acids is 1. The number of rotatable bonds is 5. The molecule has 1 rings (SSSR count). The molecule has 0 aromatic rings. The Morgan fingerprint density at radius 2 is 2.31 bits per heavy atom. The van der Waals surface area contributed by atoms with Gasteiger partial charge in [0.25, 0.3) is 0 Å². The van der Waals surface area contributed by atoms with Gasteiger partial charge in [0.1, 0.15) is 0 Å². The van der Waals surface area contributed by atoms with Gasteiger partial charge in [0.05, 0.1) is 6.04 Å². The first-order valence-corrected chi connectivity index (χ1v) is 5.94. The Labute approximate surface area is 83.8 Å². The van der Waals surface area contributed by atoms with Crippen molar-refractivity contribution in [3.05, 3.63) is 0 Å². The predicted molar refractivity (Wildman–Crippen MR) is 56.8 cm³/mol. The van der Waals surface area contributed by atoms with Crippen molar-refractivity contribution in [1.82, 2.24) is 5.32 Å². The minimum Gasteiger partial charge on any atom is -0.353 e. The largest absolute Gasteiger partial charge is 0.353 e. The summed E-state index contributed by atoms with van der Waals surface area (Å²) in [5.74, 6) is -0.0113. The normalized spacial score (nSPS) is 20.8. The smallest absolute Gasteiger partial charge is 0.236 e. The number of thioether (sulfide) groups is 1. The van der Waals surface area contributed by atoms with Crippen LogP contribution in [0.3, 0.4) is 0 Å². The molecule has 13 heavy (non-hydrogen) atoms. The van der Waals surface area contributed by atoms with Crippen molar-refractivity contribution in [3.63, 3.8) is 0 Å². The predicted octanol–water partition coefficient (Wildman–Crippen LogP) is 0.735. The molecule has 1 saturated carbocycles. The molecule has 0 bridgehead atoms. The molecule has 1 atom stereocenters. The van der Waals surface area contributed by atoms with E-state index in [1.165, 1.54) is 12.8 Å². The highest BCUT2D eigenvalue weighted by atomic mass is 32.2. The molecular formula is C9H18N2OS. The first kappa shape index (κ1) is 10.9. The molecule has 1 aliphatic rings. The molecule has 1 fully saturated rings. The topological polar surface area (TPSA) is 55.1 Å². The van der Waals surface area contributed by atoms with Gasteiger partial charge in [-0.1, -0.05) is 6.92 Å². The first-order valence-electron chi connectivity index (χ1n) is 4.72. The Balaban J connectivity index is 2.22. The van der Waals surface area contributed by atoms with Gasteiger partial charge in [-0.05, 0) is 25.5 Å². The third-order valence-electron chi connectivity index (χ3n) is 2.60. The number of carbonyl (C=O) groups is 1. The van der Waals surface area contributed by atoms with Crippen molar-refractivity contribution < 1.29 is 4.79 Å². The molecule has 0 saturated heterocycles. The molecule has 3 N–H and O–H groups in total. The van der Waals surface area contributed by atoms with E-state index >= 15 is 0 Å². The molecule has 0 spiro atoms. The highest BCUT2D eigenvalue weighted by molar-refractivity contribution is 8.00. The van der Waals surface area contributed by atoms with Crippen LogP contribution in [0.4, 0.5) is 0 Å². The van der Waals surface area contributed by atoms with Gasteiger partial charge in [0, 0.05) is 11.3 Å². The second-order valence-corrected chi connectivity index (χ2v) is 4.89. The van der Waals surface area contributed by atoms with E-state index in [2.05, 4.69) is 11.6 Å². The number of nitrogens with one attached hydrogen (secondary N) is 1. The monoisotopic (exact) mass is 202 g/mol. The maximum atomic E-state index is 11.3. The van der Waals surface area contributed by atoms with Crippen LogP contribution in [0.2, 0.25) is 0 Å². The van der Waals surface area contributed by atoms with Gasteiger partial charge in [0.15, 0.2) is 0 Å². The van der Waals surface area contributed by atoms with Crippen molar-refractivity contribution in [2.45, 2.75) is 37.0 Å². The average molecular weight is 202 g/mol. The van der Waals surface area contributed by atoms with Gasteiger partial charge in [0.2, 0.25) is 5.91 Å². The Morgan fingerprint density at radius 1 is 1.69 bits per heavy atom. The summed E-state index contributed by atoms with van der Waals surface area (Å²) in [6, 6.07) is -0.336. The van der Waals surface area contributed by atoms with E-state index in [1.807, 2.05) is 18.7 Å². The number of hydrogen-bond donors (Lipinski definition) is 2. The lowest BCUT2D eigenvalue weighted by Gasteiger charge is -2.15. The Hall–Kier alpha value is -0.220. The minimum atomic E-state index is -0.336. The van der Waals surface area contributed by atoms with Gasteiger partial charge < -0.3 is 11.1 Å². The van der Waals surface area contributed by atoms with E-state index in [0.29, 0.717) is 11.2 Å². The highest BCUT2D eigenvalue weighted by Gasteiger charge is 2.42. The van der Waals surface area contributed by atoms with E-state index < -0.39 is 0 Å². The molecule has 4 heteroatoms. The standard InChI is InChI=1S/C9H18N2OS/c1-3-7(10)8(12)11-6-9(13-2)4-5-9/h7H,3-6,10H2,1-2H3,(H,11,12). The lowest BCUT2D eigenvalue weighted by atomic mass is 10.2. The molecule has 76 valence electrons. The van der Waals surface area contributed by atoms with Crippen molar-refractivity contribution in [2.24, 2.45) is 5.73 Å². The second kappa shape index (κ2) is 4.33. The van der Waals surface area contributed by atoms with Crippen LogP contribution < -0.4 is 11.1 Å². The second-order valence-electron chi connectivity index (χ2n) is 3.62. The van der Waals surface area contributed by atoms with Crippen LogP contribution in [-0.4, -0.2) is 29.5 Å². The zero-order valence-electron chi connectivity index (χ0n) is 8.30. The van der Waals surface area contributed by atoms with E-state index in [-0.39, 0.29) is 11.9 Å². The summed E-state index contributed by atoms with van der Waals surface area (Å²) >= 11 is 1.84. The molecule has 0 aromatic heterocycles. The number of nitrogens with two attached hydrogens (primary N) is 1. The van der Waals surface area contributed by atoms with E-state index in [1.54, 1.807) is 0 Å². The van der Waals surface area contributed by atoms with Crippen LogP contribution >= 0.6 is 11.8 Å². The third kappa shape index (κ3) is 2.88. The fourth-order valence-corrected chi connectivity index (χ4v) is 1.88. The van der Waals surface area contributed by atoms with Crippen LogP contribution in [0, 0.1) is 0 Å². The Bertz CT molecular complexity index is 192. The maximum absolute atomic E-state index is 11.3. The lowest BCUT2D eigenvalue weighted by molar-refractivity contribution is -0.122. The van der Waals surface area contributed by atoms with Crippen LogP contribution in [0.25, 0.3) is 0 Å². The summed E-state index contributed by atoms with van der Waals surface area (Å²) in [6.45, 7) is 2.70. The molecule has 0 heterocycles. The van der Waals surface area contributed by atoms with E-state index in [0.717, 1.165) is 6.54 Å². The van der Waals surface area contributed by atoms with Crippen LogP contribution in [0.1, 0.15) is 26.2 Å². The molecule has 1 aliphatic carbocycles. The maximum Gasteiger partial charge on any atom is 0.236 e. The summed E-state index contributed by atoms with van der Waals surface area (Å²) < 4.78 is 0.336.